The Morgan fingerprint density at radius 1 is 1.11 bits per heavy atom. The van der Waals surface area contributed by atoms with E-state index in [-0.39, 0.29) is 17.7 Å². The fraction of sp³-hybridized carbons (Fsp3) is 0.200. The number of imide groups is 1. The highest BCUT2D eigenvalue weighted by atomic mass is 79.9. The Kier molecular flexibility index (Phi) is 5.92. The molecule has 2 aromatic rings. The van der Waals surface area contributed by atoms with E-state index < -0.39 is 0 Å². The predicted octanol–water partition coefficient (Wildman–Crippen LogP) is 5.01. The van der Waals surface area contributed by atoms with Gasteiger partial charge in [0.05, 0.1) is 25.7 Å². The lowest BCUT2D eigenvalue weighted by Crippen LogP contribution is -2.27. The van der Waals surface area contributed by atoms with E-state index in [1.54, 1.807) is 32.4 Å². The van der Waals surface area contributed by atoms with E-state index >= 15 is 0 Å². The van der Waals surface area contributed by atoms with E-state index in [0.29, 0.717) is 16.4 Å². The number of hydrogen-bond donors (Lipinski definition) is 0. The van der Waals surface area contributed by atoms with Gasteiger partial charge in [0.2, 0.25) is 0 Å². The van der Waals surface area contributed by atoms with Gasteiger partial charge in [-0.2, -0.15) is 0 Å². The Balaban J connectivity index is 1.90. The van der Waals surface area contributed by atoms with Crippen LogP contribution in [-0.4, -0.2) is 30.3 Å². The van der Waals surface area contributed by atoms with Crippen LogP contribution in [0.15, 0.2) is 45.8 Å². The summed E-state index contributed by atoms with van der Waals surface area (Å²) in [6.07, 6.45) is 1.69. The molecule has 5 nitrogen and oxygen atoms in total. The Morgan fingerprint density at radius 3 is 2.44 bits per heavy atom. The first-order valence-corrected chi connectivity index (χ1v) is 9.77. The molecule has 140 valence electrons. The van der Waals surface area contributed by atoms with Crippen LogP contribution >= 0.6 is 27.7 Å². The maximum atomic E-state index is 12.8. The van der Waals surface area contributed by atoms with Gasteiger partial charge in [0.1, 0.15) is 0 Å². The SMILES string of the molecule is COc1cc(Br)c(/C=C2\SC(=O)N(Cc3ccccc3C)C2=O)cc1OC. The van der Waals surface area contributed by atoms with E-state index in [0.717, 1.165) is 32.9 Å². The summed E-state index contributed by atoms with van der Waals surface area (Å²) in [5, 5.41) is -0.272. The van der Waals surface area contributed by atoms with E-state index in [2.05, 4.69) is 15.9 Å². The van der Waals surface area contributed by atoms with Crippen LogP contribution in [0.1, 0.15) is 16.7 Å². The number of halogens is 1. The van der Waals surface area contributed by atoms with Crippen LogP contribution in [0.3, 0.4) is 0 Å². The molecule has 1 fully saturated rings. The topological polar surface area (TPSA) is 55.8 Å². The third kappa shape index (κ3) is 4.04. The molecule has 2 amide bonds. The van der Waals surface area contributed by atoms with Crippen molar-refractivity contribution in [1.82, 2.24) is 4.90 Å². The summed E-state index contributed by atoms with van der Waals surface area (Å²) in [5.74, 6) is 0.829. The zero-order valence-corrected chi connectivity index (χ0v) is 17.5. The average molecular weight is 448 g/mol. The van der Waals surface area contributed by atoms with Crippen LogP contribution in [0.4, 0.5) is 4.79 Å². The third-order valence-electron chi connectivity index (χ3n) is 4.25. The number of carbonyl (C=O) groups is 2. The number of nitrogens with zero attached hydrogens (tertiary/aromatic N) is 1. The van der Waals surface area contributed by atoms with Crippen molar-refractivity contribution in [2.24, 2.45) is 0 Å². The minimum Gasteiger partial charge on any atom is -0.493 e. The molecule has 7 heteroatoms. The molecule has 0 N–H and O–H groups in total. The molecular weight excluding hydrogens is 430 g/mol. The summed E-state index contributed by atoms with van der Waals surface area (Å²) < 4.78 is 11.3. The lowest BCUT2D eigenvalue weighted by atomic mass is 10.1. The predicted molar refractivity (Wildman–Crippen MR) is 110 cm³/mol. The van der Waals surface area contributed by atoms with Crippen LogP contribution in [0.5, 0.6) is 11.5 Å². The van der Waals surface area contributed by atoms with Crippen molar-refractivity contribution >= 4 is 44.9 Å². The van der Waals surface area contributed by atoms with Gasteiger partial charge in [-0.1, -0.05) is 40.2 Å². The zero-order valence-electron chi connectivity index (χ0n) is 15.1. The highest BCUT2D eigenvalue weighted by Crippen LogP contribution is 2.38. The maximum absolute atomic E-state index is 12.8. The van der Waals surface area contributed by atoms with Crippen molar-refractivity contribution in [1.29, 1.82) is 0 Å². The molecule has 1 aliphatic rings. The quantitative estimate of drug-likeness (QED) is 0.602. The van der Waals surface area contributed by atoms with Crippen LogP contribution < -0.4 is 9.47 Å². The zero-order chi connectivity index (χ0) is 19.6. The molecule has 0 unspecified atom stereocenters. The van der Waals surface area contributed by atoms with Crippen molar-refractivity contribution in [3.8, 4) is 11.5 Å². The first-order chi connectivity index (χ1) is 12.9. The van der Waals surface area contributed by atoms with Crippen molar-refractivity contribution in [3.05, 3.63) is 62.5 Å². The average Bonchev–Trinajstić information content (AvgIpc) is 2.92. The van der Waals surface area contributed by atoms with Gasteiger partial charge >= 0.3 is 0 Å². The third-order valence-corrected chi connectivity index (χ3v) is 5.85. The maximum Gasteiger partial charge on any atom is 0.293 e. The highest BCUT2D eigenvalue weighted by molar-refractivity contribution is 9.10. The number of rotatable bonds is 5. The number of carbonyl (C=O) groups excluding carboxylic acids is 2. The number of amides is 2. The second-order valence-corrected chi connectivity index (χ2v) is 7.77. The summed E-state index contributed by atoms with van der Waals surface area (Å²) >= 11 is 4.41. The molecular formula is C20H18BrNO4S. The van der Waals surface area contributed by atoms with E-state index in [1.165, 1.54) is 4.90 Å². The van der Waals surface area contributed by atoms with Crippen molar-refractivity contribution in [2.75, 3.05) is 14.2 Å². The minimum atomic E-state index is -0.296. The fourth-order valence-electron chi connectivity index (χ4n) is 2.72. The van der Waals surface area contributed by atoms with Crippen LogP contribution in [0.25, 0.3) is 6.08 Å². The Bertz CT molecular complexity index is 942. The van der Waals surface area contributed by atoms with E-state index in [9.17, 15) is 9.59 Å². The van der Waals surface area contributed by atoms with Gasteiger partial charge in [-0.3, -0.25) is 14.5 Å². The van der Waals surface area contributed by atoms with Crippen molar-refractivity contribution in [3.63, 3.8) is 0 Å². The molecule has 1 heterocycles. The molecule has 1 aliphatic heterocycles. The molecule has 0 aliphatic carbocycles. The molecule has 0 atom stereocenters. The molecule has 3 rings (SSSR count). The second kappa shape index (κ2) is 8.19. The number of thioether (sulfide) groups is 1. The smallest absolute Gasteiger partial charge is 0.293 e. The van der Waals surface area contributed by atoms with Gasteiger partial charge < -0.3 is 9.47 Å². The monoisotopic (exact) mass is 447 g/mol. The highest BCUT2D eigenvalue weighted by Gasteiger charge is 2.35. The van der Waals surface area contributed by atoms with Crippen LogP contribution in [0, 0.1) is 6.92 Å². The van der Waals surface area contributed by atoms with Gasteiger partial charge in [0.25, 0.3) is 11.1 Å². The summed E-state index contributed by atoms with van der Waals surface area (Å²) in [7, 11) is 3.10. The lowest BCUT2D eigenvalue weighted by molar-refractivity contribution is -0.123. The summed E-state index contributed by atoms with van der Waals surface area (Å²) in [6.45, 7) is 2.23. The minimum absolute atomic E-state index is 0.266. The molecule has 0 radical (unpaired) electrons. The molecule has 27 heavy (non-hydrogen) atoms. The first-order valence-electron chi connectivity index (χ1n) is 8.16. The molecule has 0 spiro atoms. The van der Waals surface area contributed by atoms with E-state index in [4.69, 9.17) is 9.47 Å². The number of aryl methyl sites for hydroxylation is 1. The number of benzene rings is 2. The summed E-state index contributed by atoms with van der Waals surface area (Å²) in [6, 6.07) is 11.2. The lowest BCUT2D eigenvalue weighted by Gasteiger charge is -2.14. The molecule has 0 aromatic heterocycles. The van der Waals surface area contributed by atoms with Gasteiger partial charge in [-0.15, -0.1) is 0 Å². The van der Waals surface area contributed by atoms with Crippen LogP contribution in [0.2, 0.25) is 0 Å². The Labute approximate surface area is 170 Å². The van der Waals surface area contributed by atoms with Gasteiger partial charge in [-0.25, -0.2) is 0 Å². The summed E-state index contributed by atoms with van der Waals surface area (Å²) in [5.41, 5.74) is 2.73. The Morgan fingerprint density at radius 2 is 1.78 bits per heavy atom. The molecule has 1 saturated heterocycles. The largest absolute Gasteiger partial charge is 0.493 e. The molecule has 2 aromatic carbocycles. The van der Waals surface area contributed by atoms with Gasteiger partial charge in [0, 0.05) is 4.47 Å². The molecule has 0 saturated carbocycles. The number of hydrogen-bond acceptors (Lipinski definition) is 5. The van der Waals surface area contributed by atoms with Gasteiger partial charge in [0.15, 0.2) is 11.5 Å². The second-order valence-electron chi connectivity index (χ2n) is 5.92. The molecule has 0 bridgehead atoms. The number of ether oxygens (including phenoxy) is 2. The summed E-state index contributed by atoms with van der Waals surface area (Å²) in [4.78, 5) is 26.8. The van der Waals surface area contributed by atoms with E-state index in [1.807, 2.05) is 31.2 Å². The first kappa shape index (κ1) is 19.5. The fourth-order valence-corrected chi connectivity index (χ4v) is 3.98. The van der Waals surface area contributed by atoms with Gasteiger partial charge in [-0.05, 0) is 53.6 Å². The normalized spacial score (nSPS) is 15.6. The van der Waals surface area contributed by atoms with Crippen molar-refractivity contribution in [2.45, 2.75) is 13.5 Å². The van der Waals surface area contributed by atoms with Crippen LogP contribution in [-0.2, 0) is 11.3 Å². The Hall–Kier alpha value is -2.25. The van der Waals surface area contributed by atoms with Crippen molar-refractivity contribution < 1.29 is 19.1 Å². The number of methoxy groups -OCH3 is 2. The standard InChI is InChI=1S/C20H18BrNO4S/c1-12-6-4-5-7-13(12)11-22-19(23)18(27-20(22)24)9-14-8-16(25-2)17(26-3)10-15(14)21/h4-10H,11H2,1-3H3/b18-9-.